The fraction of sp³-hybridized carbons (Fsp3) is 0.412. The molecule has 1 unspecified atom stereocenters. The number of aromatic amines is 1. The van der Waals surface area contributed by atoms with Crippen LogP contribution in [0, 0.1) is 6.92 Å². The molecule has 0 amide bonds. The maximum absolute atomic E-state index is 5.86. The van der Waals surface area contributed by atoms with Crippen LogP contribution in [0.5, 0.6) is 0 Å². The number of oxazole rings is 1. The summed E-state index contributed by atoms with van der Waals surface area (Å²) < 4.78 is 5.86. The summed E-state index contributed by atoms with van der Waals surface area (Å²) in [5.41, 5.74) is 2.30. The van der Waals surface area contributed by atoms with Gasteiger partial charge in [-0.05, 0) is 43.8 Å². The predicted molar refractivity (Wildman–Crippen MR) is 90.4 cm³/mol. The largest absolute Gasteiger partial charge is 0.440 e. The fourth-order valence-electron chi connectivity index (χ4n) is 3.24. The lowest BCUT2D eigenvalue weighted by molar-refractivity contribution is 0.196. The van der Waals surface area contributed by atoms with Gasteiger partial charge in [-0.15, -0.1) is 11.3 Å². The summed E-state index contributed by atoms with van der Waals surface area (Å²) in [7, 11) is 0. The number of piperidine rings is 1. The molecule has 1 aliphatic rings. The Labute approximate surface area is 139 Å². The Balaban J connectivity index is 1.47. The summed E-state index contributed by atoms with van der Waals surface area (Å²) >= 11 is 1.66. The zero-order chi connectivity index (χ0) is 15.6. The third-order valence-corrected chi connectivity index (χ3v) is 5.32. The van der Waals surface area contributed by atoms with Crippen molar-refractivity contribution in [1.29, 1.82) is 0 Å². The average molecular weight is 328 g/mol. The Morgan fingerprint density at radius 1 is 1.43 bits per heavy atom. The number of hydrogen-bond acceptors (Lipinski definition) is 5. The van der Waals surface area contributed by atoms with E-state index in [1.54, 1.807) is 11.3 Å². The van der Waals surface area contributed by atoms with Crippen LogP contribution < -0.4 is 0 Å². The highest BCUT2D eigenvalue weighted by atomic mass is 32.1. The van der Waals surface area contributed by atoms with Crippen molar-refractivity contribution in [2.75, 3.05) is 13.1 Å². The number of aromatic nitrogens is 3. The molecular weight excluding hydrogens is 308 g/mol. The van der Waals surface area contributed by atoms with Crippen LogP contribution >= 0.6 is 11.3 Å². The molecule has 0 aliphatic carbocycles. The van der Waals surface area contributed by atoms with Gasteiger partial charge in [-0.2, -0.15) is 5.10 Å². The molecule has 0 spiro atoms. The van der Waals surface area contributed by atoms with E-state index >= 15 is 0 Å². The zero-order valence-corrected chi connectivity index (χ0v) is 14.0. The van der Waals surface area contributed by atoms with Crippen molar-refractivity contribution >= 4 is 11.3 Å². The maximum Gasteiger partial charge on any atom is 0.236 e. The van der Waals surface area contributed by atoms with E-state index in [1.165, 1.54) is 18.5 Å². The number of nitrogens with zero attached hydrogens (tertiary/aromatic N) is 3. The Morgan fingerprint density at radius 3 is 3.17 bits per heavy atom. The van der Waals surface area contributed by atoms with E-state index in [0.717, 1.165) is 41.9 Å². The first-order valence-corrected chi connectivity index (χ1v) is 8.89. The molecule has 0 aromatic carbocycles. The second-order valence-corrected chi connectivity index (χ2v) is 7.03. The molecule has 4 heterocycles. The zero-order valence-electron chi connectivity index (χ0n) is 13.2. The molecule has 3 aromatic rings. The average Bonchev–Trinajstić information content (AvgIpc) is 3.30. The van der Waals surface area contributed by atoms with Gasteiger partial charge in [-0.3, -0.25) is 10.00 Å². The second-order valence-electron chi connectivity index (χ2n) is 6.09. The van der Waals surface area contributed by atoms with Crippen molar-refractivity contribution in [2.24, 2.45) is 0 Å². The molecule has 1 atom stereocenters. The second kappa shape index (κ2) is 6.29. The highest BCUT2D eigenvalue weighted by Gasteiger charge is 2.24. The van der Waals surface area contributed by atoms with Gasteiger partial charge in [0.2, 0.25) is 5.89 Å². The lowest BCUT2D eigenvalue weighted by Crippen LogP contribution is -2.34. The molecule has 4 rings (SSSR count). The third kappa shape index (κ3) is 3.09. The van der Waals surface area contributed by atoms with Crippen LogP contribution in [0.1, 0.15) is 35.9 Å². The summed E-state index contributed by atoms with van der Waals surface area (Å²) in [4.78, 5) is 8.28. The molecule has 120 valence electrons. The minimum Gasteiger partial charge on any atom is -0.440 e. The van der Waals surface area contributed by atoms with Crippen LogP contribution in [0.25, 0.3) is 10.8 Å². The summed E-state index contributed by atoms with van der Waals surface area (Å²) in [6.45, 7) is 5.02. The Hall–Kier alpha value is -1.92. The Morgan fingerprint density at radius 2 is 2.39 bits per heavy atom. The number of hydrogen-bond donors (Lipinski definition) is 1. The van der Waals surface area contributed by atoms with E-state index in [2.05, 4.69) is 27.2 Å². The summed E-state index contributed by atoms with van der Waals surface area (Å²) in [5.74, 6) is 2.21. The first kappa shape index (κ1) is 14.7. The van der Waals surface area contributed by atoms with Crippen molar-refractivity contribution in [3.05, 3.63) is 46.9 Å². The van der Waals surface area contributed by atoms with Crippen LogP contribution in [0.15, 0.2) is 34.2 Å². The molecule has 0 saturated carbocycles. The van der Waals surface area contributed by atoms with Crippen LogP contribution in [0.4, 0.5) is 0 Å². The van der Waals surface area contributed by atoms with Gasteiger partial charge in [0.15, 0.2) is 0 Å². The van der Waals surface area contributed by atoms with E-state index < -0.39 is 0 Å². The van der Waals surface area contributed by atoms with Gasteiger partial charge >= 0.3 is 0 Å². The third-order valence-electron chi connectivity index (χ3n) is 4.47. The van der Waals surface area contributed by atoms with Crippen LogP contribution in [0.3, 0.4) is 0 Å². The van der Waals surface area contributed by atoms with Crippen molar-refractivity contribution < 1.29 is 4.42 Å². The van der Waals surface area contributed by atoms with Gasteiger partial charge in [0.25, 0.3) is 0 Å². The van der Waals surface area contributed by atoms with Crippen LogP contribution in [-0.4, -0.2) is 33.2 Å². The highest BCUT2D eigenvalue weighted by molar-refractivity contribution is 7.13. The molecule has 1 saturated heterocycles. The molecule has 0 bridgehead atoms. The molecule has 6 heteroatoms. The summed E-state index contributed by atoms with van der Waals surface area (Å²) in [5, 5.41) is 9.25. The van der Waals surface area contributed by atoms with E-state index in [9.17, 15) is 0 Å². The van der Waals surface area contributed by atoms with Gasteiger partial charge in [0.05, 0.1) is 10.6 Å². The van der Waals surface area contributed by atoms with E-state index in [-0.39, 0.29) is 0 Å². The first-order valence-electron chi connectivity index (χ1n) is 8.01. The predicted octanol–water partition coefficient (Wildman–Crippen LogP) is 3.81. The smallest absolute Gasteiger partial charge is 0.236 e. The fourth-order valence-corrected chi connectivity index (χ4v) is 3.89. The highest BCUT2D eigenvalue weighted by Crippen LogP contribution is 2.29. The molecule has 1 fully saturated rings. The summed E-state index contributed by atoms with van der Waals surface area (Å²) in [6, 6.07) is 6.16. The summed E-state index contributed by atoms with van der Waals surface area (Å²) in [6.07, 6.45) is 4.26. The monoisotopic (exact) mass is 328 g/mol. The molecule has 0 radical (unpaired) electrons. The van der Waals surface area contributed by atoms with Gasteiger partial charge in [0, 0.05) is 30.9 Å². The topological polar surface area (TPSA) is 58.0 Å². The number of nitrogens with one attached hydrogen (secondary N) is 1. The Bertz CT molecular complexity index is 748. The SMILES string of the molecule is Cc1oc(-c2cccs2)nc1CN1CCCC(c2ccn[nH]2)C1. The lowest BCUT2D eigenvalue weighted by Gasteiger charge is -2.31. The quantitative estimate of drug-likeness (QED) is 0.791. The molecule has 1 aliphatic heterocycles. The number of aryl methyl sites for hydroxylation is 1. The number of H-pyrrole nitrogens is 1. The van der Waals surface area contributed by atoms with Gasteiger partial charge in [0.1, 0.15) is 5.76 Å². The molecule has 3 aromatic heterocycles. The lowest BCUT2D eigenvalue weighted by atomic mass is 9.95. The normalized spacial score (nSPS) is 19.3. The number of thiophene rings is 1. The minimum atomic E-state index is 0.537. The van der Waals surface area contributed by atoms with Crippen molar-refractivity contribution in [3.63, 3.8) is 0 Å². The van der Waals surface area contributed by atoms with E-state index in [4.69, 9.17) is 9.40 Å². The van der Waals surface area contributed by atoms with Crippen LogP contribution in [-0.2, 0) is 6.54 Å². The number of likely N-dealkylation sites (tertiary alicyclic amines) is 1. The van der Waals surface area contributed by atoms with Gasteiger partial charge in [-0.25, -0.2) is 4.98 Å². The molecule has 1 N–H and O–H groups in total. The van der Waals surface area contributed by atoms with Crippen molar-refractivity contribution in [3.8, 4) is 10.8 Å². The van der Waals surface area contributed by atoms with Crippen LogP contribution in [0.2, 0.25) is 0 Å². The van der Waals surface area contributed by atoms with Crippen molar-refractivity contribution in [2.45, 2.75) is 32.2 Å². The Kier molecular flexibility index (Phi) is 4.01. The van der Waals surface area contributed by atoms with Gasteiger partial charge in [-0.1, -0.05) is 6.07 Å². The first-order chi connectivity index (χ1) is 11.3. The van der Waals surface area contributed by atoms with Gasteiger partial charge < -0.3 is 4.42 Å². The van der Waals surface area contributed by atoms with Crippen molar-refractivity contribution in [1.82, 2.24) is 20.1 Å². The molecule has 23 heavy (non-hydrogen) atoms. The molecule has 5 nitrogen and oxygen atoms in total. The minimum absolute atomic E-state index is 0.537. The number of rotatable bonds is 4. The maximum atomic E-state index is 5.86. The van der Waals surface area contributed by atoms with E-state index in [0.29, 0.717) is 5.92 Å². The standard InChI is InChI=1S/C17H20N4OS/c1-12-15(19-17(22-12)16-5-3-9-23-16)11-21-8-2-4-13(10-21)14-6-7-18-20-14/h3,5-7,9,13H,2,4,8,10-11H2,1H3,(H,18,20). The molecular formula is C17H20N4OS. The van der Waals surface area contributed by atoms with E-state index in [1.807, 2.05) is 24.6 Å².